The van der Waals surface area contributed by atoms with Crippen molar-refractivity contribution in [3.8, 4) is 17.5 Å². The van der Waals surface area contributed by atoms with Crippen molar-refractivity contribution in [2.45, 2.75) is 17.3 Å². The molecule has 1 unspecified atom stereocenters. The molecular formula is C18H14Cl2N6OS. The Kier molecular flexibility index (Phi) is 6.09. The molecule has 7 nitrogen and oxygen atoms in total. The lowest BCUT2D eigenvalue weighted by atomic mass is 10.2. The van der Waals surface area contributed by atoms with Gasteiger partial charge in [0.2, 0.25) is 11.1 Å². The summed E-state index contributed by atoms with van der Waals surface area (Å²) in [6.45, 7) is 1.70. The first kappa shape index (κ1) is 20.0. The van der Waals surface area contributed by atoms with Crippen LogP contribution in [0.25, 0.3) is 11.4 Å². The molecule has 3 aromatic rings. The molecule has 0 saturated carbocycles. The van der Waals surface area contributed by atoms with E-state index in [4.69, 9.17) is 34.3 Å². The van der Waals surface area contributed by atoms with Crippen LogP contribution in [-0.4, -0.2) is 26.0 Å². The van der Waals surface area contributed by atoms with Gasteiger partial charge >= 0.3 is 0 Å². The number of anilines is 1. The van der Waals surface area contributed by atoms with Crippen molar-refractivity contribution in [3.05, 3.63) is 58.1 Å². The van der Waals surface area contributed by atoms with Gasteiger partial charge in [-0.15, -0.1) is 10.2 Å². The molecule has 0 aliphatic carbocycles. The summed E-state index contributed by atoms with van der Waals surface area (Å²) in [6.07, 6.45) is 0. The average molecular weight is 433 g/mol. The van der Waals surface area contributed by atoms with E-state index in [0.29, 0.717) is 37.8 Å². The molecule has 0 spiro atoms. The second kappa shape index (κ2) is 8.52. The van der Waals surface area contributed by atoms with E-state index < -0.39 is 5.25 Å². The summed E-state index contributed by atoms with van der Waals surface area (Å²) in [6, 6.07) is 13.7. The van der Waals surface area contributed by atoms with Crippen molar-refractivity contribution in [3.63, 3.8) is 0 Å². The number of aromatic nitrogens is 3. The molecule has 0 bridgehead atoms. The fourth-order valence-corrected chi connectivity index (χ4v) is 3.49. The minimum absolute atomic E-state index is 0.293. The highest BCUT2D eigenvalue weighted by molar-refractivity contribution is 8.00. The predicted octanol–water partition coefficient (Wildman–Crippen LogP) is 3.96. The quantitative estimate of drug-likeness (QED) is 0.466. The number of hydrogen-bond acceptors (Lipinski definition) is 6. The summed E-state index contributed by atoms with van der Waals surface area (Å²) >= 11 is 13.3. The van der Waals surface area contributed by atoms with Crippen molar-refractivity contribution >= 4 is 46.6 Å². The van der Waals surface area contributed by atoms with Crippen LogP contribution in [-0.2, 0) is 4.79 Å². The fraction of sp³-hybridized carbons (Fsp3) is 0.111. The number of carbonyl (C=O) groups is 1. The molecule has 0 radical (unpaired) electrons. The van der Waals surface area contributed by atoms with Gasteiger partial charge in [-0.25, -0.2) is 4.68 Å². The zero-order valence-corrected chi connectivity index (χ0v) is 16.9. The number of para-hydroxylation sites is 1. The first-order valence-corrected chi connectivity index (χ1v) is 9.67. The van der Waals surface area contributed by atoms with Gasteiger partial charge in [0.15, 0.2) is 5.82 Å². The largest absolute Gasteiger partial charge is 0.335 e. The van der Waals surface area contributed by atoms with Gasteiger partial charge < -0.3 is 11.2 Å². The Morgan fingerprint density at radius 2 is 2.04 bits per heavy atom. The van der Waals surface area contributed by atoms with E-state index in [-0.39, 0.29) is 5.91 Å². The maximum absolute atomic E-state index is 12.5. The van der Waals surface area contributed by atoms with Crippen LogP contribution in [0.15, 0.2) is 47.6 Å². The number of rotatable bonds is 5. The van der Waals surface area contributed by atoms with Crippen molar-refractivity contribution in [1.29, 1.82) is 5.26 Å². The summed E-state index contributed by atoms with van der Waals surface area (Å²) < 4.78 is 1.26. The maximum atomic E-state index is 12.5. The first-order valence-electron chi connectivity index (χ1n) is 8.03. The fourth-order valence-electron chi connectivity index (χ4n) is 2.35. The predicted molar refractivity (Wildman–Crippen MR) is 111 cm³/mol. The van der Waals surface area contributed by atoms with Gasteiger partial charge in [-0.05, 0) is 37.3 Å². The molecule has 3 rings (SSSR count). The smallest absolute Gasteiger partial charge is 0.237 e. The SMILES string of the molecule is CC(Sc1nnc(-c2cc(Cl)ccc2Cl)n1N)C(=O)Nc1ccccc1C#N. The summed E-state index contributed by atoms with van der Waals surface area (Å²) in [5, 5.41) is 20.7. The molecule has 142 valence electrons. The van der Waals surface area contributed by atoms with Gasteiger partial charge in [0.1, 0.15) is 6.07 Å². The Labute approximate surface area is 175 Å². The Bertz CT molecular complexity index is 1080. The Balaban J connectivity index is 1.77. The zero-order chi connectivity index (χ0) is 20.3. The van der Waals surface area contributed by atoms with E-state index in [1.807, 2.05) is 6.07 Å². The van der Waals surface area contributed by atoms with Crippen LogP contribution in [0.2, 0.25) is 10.0 Å². The van der Waals surface area contributed by atoms with E-state index >= 15 is 0 Å². The van der Waals surface area contributed by atoms with E-state index in [1.165, 1.54) is 4.68 Å². The monoisotopic (exact) mass is 432 g/mol. The van der Waals surface area contributed by atoms with Gasteiger partial charge in [-0.2, -0.15) is 5.26 Å². The summed E-state index contributed by atoms with van der Waals surface area (Å²) in [5.74, 6) is 6.13. The number of nitrogens with one attached hydrogen (secondary N) is 1. The first-order chi connectivity index (χ1) is 13.4. The second-order valence-corrected chi connectivity index (χ2v) is 7.86. The Morgan fingerprint density at radius 1 is 1.29 bits per heavy atom. The second-order valence-electron chi connectivity index (χ2n) is 5.71. The minimum Gasteiger partial charge on any atom is -0.335 e. The third-order valence-corrected chi connectivity index (χ3v) is 5.41. The summed E-state index contributed by atoms with van der Waals surface area (Å²) in [7, 11) is 0. The molecule has 1 amide bonds. The zero-order valence-electron chi connectivity index (χ0n) is 14.6. The summed E-state index contributed by atoms with van der Waals surface area (Å²) in [5.41, 5.74) is 1.37. The number of halogens is 2. The van der Waals surface area contributed by atoms with Crippen LogP contribution in [0.4, 0.5) is 5.69 Å². The van der Waals surface area contributed by atoms with Gasteiger partial charge in [-0.3, -0.25) is 4.79 Å². The third-order valence-electron chi connectivity index (χ3n) is 3.79. The van der Waals surface area contributed by atoms with E-state index in [2.05, 4.69) is 15.5 Å². The number of thioether (sulfide) groups is 1. The van der Waals surface area contributed by atoms with E-state index in [1.54, 1.807) is 49.4 Å². The molecule has 0 aliphatic heterocycles. The lowest BCUT2D eigenvalue weighted by Gasteiger charge is -2.12. The molecular weight excluding hydrogens is 419 g/mol. The molecule has 1 heterocycles. The van der Waals surface area contributed by atoms with Gasteiger partial charge in [-0.1, -0.05) is 47.1 Å². The number of nitrogen functional groups attached to an aromatic ring is 1. The van der Waals surface area contributed by atoms with Crippen LogP contribution in [0.1, 0.15) is 12.5 Å². The number of nitrogens with two attached hydrogens (primary N) is 1. The average Bonchev–Trinajstić information content (AvgIpc) is 3.04. The summed E-state index contributed by atoms with van der Waals surface area (Å²) in [4.78, 5) is 12.5. The van der Waals surface area contributed by atoms with Crippen LogP contribution in [0, 0.1) is 11.3 Å². The molecule has 0 aliphatic rings. The van der Waals surface area contributed by atoms with Crippen molar-refractivity contribution in [2.75, 3.05) is 11.2 Å². The number of nitrogens with zero attached hydrogens (tertiary/aromatic N) is 4. The maximum Gasteiger partial charge on any atom is 0.237 e. The number of carbonyl (C=O) groups excluding carboxylic acids is 1. The lowest BCUT2D eigenvalue weighted by Crippen LogP contribution is -2.24. The molecule has 0 saturated heterocycles. The van der Waals surface area contributed by atoms with Crippen molar-refractivity contribution in [2.24, 2.45) is 0 Å². The molecule has 28 heavy (non-hydrogen) atoms. The number of nitriles is 1. The van der Waals surface area contributed by atoms with Crippen molar-refractivity contribution in [1.82, 2.24) is 14.9 Å². The molecule has 10 heteroatoms. The van der Waals surface area contributed by atoms with E-state index in [0.717, 1.165) is 11.8 Å². The Hall–Kier alpha value is -2.73. The Morgan fingerprint density at radius 3 is 2.79 bits per heavy atom. The lowest BCUT2D eigenvalue weighted by molar-refractivity contribution is -0.115. The highest BCUT2D eigenvalue weighted by atomic mass is 35.5. The molecule has 1 aromatic heterocycles. The topological polar surface area (TPSA) is 110 Å². The van der Waals surface area contributed by atoms with Crippen LogP contribution in [0.5, 0.6) is 0 Å². The molecule has 3 N–H and O–H groups in total. The van der Waals surface area contributed by atoms with Crippen molar-refractivity contribution < 1.29 is 4.79 Å². The van der Waals surface area contributed by atoms with Gasteiger partial charge in [0, 0.05) is 10.6 Å². The van der Waals surface area contributed by atoms with Crippen LogP contribution < -0.4 is 11.2 Å². The minimum atomic E-state index is -0.541. The van der Waals surface area contributed by atoms with Crippen LogP contribution >= 0.6 is 35.0 Å². The number of hydrogen-bond donors (Lipinski definition) is 2. The number of amides is 1. The molecule has 0 fully saturated rings. The highest BCUT2D eigenvalue weighted by Gasteiger charge is 2.21. The third kappa shape index (κ3) is 4.22. The normalized spacial score (nSPS) is 11.6. The molecule has 2 aromatic carbocycles. The standard InChI is InChI=1S/C18H14Cl2N6OS/c1-10(17(27)23-15-5-3-2-4-11(15)9-21)28-18-25-24-16(26(18)22)13-8-12(19)6-7-14(13)20/h2-8,10H,22H2,1H3,(H,23,27). The number of benzene rings is 2. The highest BCUT2D eigenvalue weighted by Crippen LogP contribution is 2.31. The van der Waals surface area contributed by atoms with Gasteiger partial charge in [0.05, 0.1) is 21.5 Å². The van der Waals surface area contributed by atoms with Gasteiger partial charge in [0.25, 0.3) is 0 Å². The van der Waals surface area contributed by atoms with E-state index in [9.17, 15) is 4.79 Å². The van der Waals surface area contributed by atoms with Crippen LogP contribution in [0.3, 0.4) is 0 Å². The molecule has 1 atom stereocenters.